The maximum Gasteiger partial charge on any atom is 0.331 e. The van der Waals surface area contributed by atoms with Gasteiger partial charge in [0.15, 0.2) is 6.04 Å². The lowest BCUT2D eigenvalue weighted by Crippen LogP contribution is -2.39. The van der Waals surface area contributed by atoms with Crippen molar-refractivity contribution >= 4 is 27.8 Å². The van der Waals surface area contributed by atoms with Crippen LogP contribution >= 0.6 is 15.9 Å². The number of methoxy groups -OCH3 is 1. The number of ether oxygens (including phenoxy) is 1. The van der Waals surface area contributed by atoms with Crippen LogP contribution in [0.15, 0.2) is 22.7 Å². The molecule has 1 aromatic rings. The molecule has 0 aromatic heterocycles. The summed E-state index contributed by atoms with van der Waals surface area (Å²) in [6.45, 7) is 1.41. The molecule has 1 aliphatic carbocycles. The zero-order valence-corrected chi connectivity index (χ0v) is 12.9. The molecule has 1 aromatic carbocycles. The van der Waals surface area contributed by atoms with Crippen LogP contribution in [-0.4, -0.2) is 35.0 Å². The van der Waals surface area contributed by atoms with Gasteiger partial charge in [-0.15, -0.1) is 0 Å². The molecule has 1 aliphatic rings. The van der Waals surface area contributed by atoms with E-state index in [4.69, 9.17) is 4.74 Å². The molecule has 1 saturated carbocycles. The minimum Gasteiger partial charge on any atom is -0.497 e. The number of carboxylic acid groups (broad SMARTS) is 1. The van der Waals surface area contributed by atoms with Crippen LogP contribution in [0.2, 0.25) is 0 Å². The highest BCUT2D eigenvalue weighted by atomic mass is 79.9. The summed E-state index contributed by atoms with van der Waals surface area (Å²) in [7, 11) is 1.52. The molecule has 1 unspecified atom stereocenters. The van der Waals surface area contributed by atoms with Crippen LogP contribution < -0.4 is 4.74 Å². The first-order valence-electron chi connectivity index (χ1n) is 6.31. The number of halogens is 1. The monoisotopic (exact) mass is 341 g/mol. The number of carboxylic acids is 1. The van der Waals surface area contributed by atoms with E-state index in [-0.39, 0.29) is 11.9 Å². The smallest absolute Gasteiger partial charge is 0.331 e. The van der Waals surface area contributed by atoms with Crippen LogP contribution in [0.5, 0.6) is 5.75 Å². The molecule has 108 valence electrons. The molecule has 0 spiro atoms. The van der Waals surface area contributed by atoms with Gasteiger partial charge in [-0.1, -0.05) is 15.9 Å². The Labute approximate surface area is 125 Å². The number of aliphatic carboxylic acids is 1. The van der Waals surface area contributed by atoms with Crippen molar-refractivity contribution in [2.75, 3.05) is 7.11 Å². The van der Waals surface area contributed by atoms with Crippen molar-refractivity contribution in [3.05, 3.63) is 28.2 Å². The highest BCUT2D eigenvalue weighted by molar-refractivity contribution is 9.10. The summed E-state index contributed by atoms with van der Waals surface area (Å²) in [5, 5.41) is 9.56. The molecule has 20 heavy (non-hydrogen) atoms. The molecule has 2 rings (SSSR count). The van der Waals surface area contributed by atoms with Gasteiger partial charge >= 0.3 is 5.97 Å². The van der Waals surface area contributed by atoms with Crippen LogP contribution in [0.3, 0.4) is 0 Å². The third-order valence-electron chi connectivity index (χ3n) is 3.31. The second-order valence-electron chi connectivity index (χ2n) is 4.79. The predicted octanol–water partition coefficient (Wildman–Crippen LogP) is 2.59. The van der Waals surface area contributed by atoms with Gasteiger partial charge in [-0.25, -0.2) is 4.79 Å². The molecule has 6 heteroatoms. The van der Waals surface area contributed by atoms with Crippen molar-refractivity contribution in [2.45, 2.75) is 31.8 Å². The molecule has 0 saturated heterocycles. The van der Waals surface area contributed by atoms with Crippen molar-refractivity contribution in [1.29, 1.82) is 0 Å². The summed E-state index contributed by atoms with van der Waals surface area (Å²) < 4.78 is 5.79. The first kappa shape index (κ1) is 14.8. The molecule has 1 N–H and O–H groups in total. The lowest BCUT2D eigenvalue weighted by molar-refractivity contribution is -0.150. The van der Waals surface area contributed by atoms with Crippen molar-refractivity contribution < 1.29 is 19.4 Å². The molecule has 5 nitrogen and oxygen atoms in total. The van der Waals surface area contributed by atoms with Gasteiger partial charge in [0, 0.05) is 23.0 Å². The van der Waals surface area contributed by atoms with E-state index in [2.05, 4.69) is 15.9 Å². The van der Waals surface area contributed by atoms with Crippen molar-refractivity contribution in [1.82, 2.24) is 4.90 Å². The van der Waals surface area contributed by atoms with Gasteiger partial charge in [0.25, 0.3) is 0 Å². The molecule has 0 aliphatic heterocycles. The van der Waals surface area contributed by atoms with E-state index in [0.29, 0.717) is 15.8 Å². The molecule has 1 fully saturated rings. The Morgan fingerprint density at radius 2 is 2.10 bits per heavy atom. The maximum absolute atomic E-state index is 11.8. The summed E-state index contributed by atoms with van der Waals surface area (Å²) >= 11 is 3.36. The lowest BCUT2D eigenvalue weighted by Gasteiger charge is -2.29. The van der Waals surface area contributed by atoms with E-state index in [1.54, 1.807) is 18.2 Å². The summed E-state index contributed by atoms with van der Waals surface area (Å²) in [6.07, 6.45) is 1.70. The lowest BCUT2D eigenvalue weighted by atomic mass is 10.0. The number of carbonyl (C=O) groups excluding carboxylic acids is 1. The van der Waals surface area contributed by atoms with Gasteiger partial charge in [-0.05, 0) is 31.0 Å². The number of benzene rings is 1. The van der Waals surface area contributed by atoms with Crippen molar-refractivity contribution in [3.63, 3.8) is 0 Å². The third kappa shape index (κ3) is 2.95. The fourth-order valence-corrected chi connectivity index (χ4v) is 2.73. The van der Waals surface area contributed by atoms with Gasteiger partial charge in [0.2, 0.25) is 5.91 Å². The van der Waals surface area contributed by atoms with Crippen LogP contribution in [0.4, 0.5) is 0 Å². The van der Waals surface area contributed by atoms with Gasteiger partial charge < -0.3 is 14.7 Å². The average Bonchev–Trinajstić information content (AvgIpc) is 3.20. The highest BCUT2D eigenvalue weighted by Crippen LogP contribution is 2.38. The zero-order chi connectivity index (χ0) is 14.9. The normalized spacial score (nSPS) is 15.6. The Morgan fingerprint density at radius 1 is 1.45 bits per heavy atom. The highest BCUT2D eigenvalue weighted by Gasteiger charge is 2.40. The van der Waals surface area contributed by atoms with Crippen LogP contribution in [-0.2, 0) is 9.59 Å². The first-order chi connectivity index (χ1) is 9.45. The number of hydrogen-bond donors (Lipinski definition) is 1. The first-order valence-corrected chi connectivity index (χ1v) is 7.10. The fourth-order valence-electron chi connectivity index (χ4n) is 2.26. The van der Waals surface area contributed by atoms with Crippen LogP contribution in [0.1, 0.15) is 31.4 Å². The summed E-state index contributed by atoms with van der Waals surface area (Å²) in [5.41, 5.74) is 0.527. The van der Waals surface area contributed by atoms with Gasteiger partial charge in [0.05, 0.1) is 7.11 Å². The minimum atomic E-state index is -1.04. The molecule has 0 bridgehead atoms. The molecule has 0 radical (unpaired) electrons. The number of carbonyl (C=O) groups is 2. The minimum absolute atomic E-state index is 0.0201. The summed E-state index contributed by atoms with van der Waals surface area (Å²) in [5.74, 6) is -0.704. The van der Waals surface area contributed by atoms with Gasteiger partial charge in [-0.2, -0.15) is 0 Å². The van der Waals surface area contributed by atoms with Crippen molar-refractivity contribution in [2.24, 2.45) is 0 Å². The van der Waals surface area contributed by atoms with Gasteiger partial charge in [0.1, 0.15) is 5.75 Å². The van der Waals surface area contributed by atoms with E-state index in [1.807, 2.05) is 0 Å². The Bertz CT molecular complexity index is 542. The third-order valence-corrected chi connectivity index (χ3v) is 4.04. The molecule has 0 heterocycles. The van der Waals surface area contributed by atoms with E-state index in [0.717, 1.165) is 12.8 Å². The fraction of sp³-hybridized carbons (Fsp3) is 0.429. The van der Waals surface area contributed by atoms with E-state index < -0.39 is 12.0 Å². The average molecular weight is 342 g/mol. The Balaban J connectivity index is 2.47. The molecular formula is C14H16BrNO4. The number of amides is 1. The largest absolute Gasteiger partial charge is 0.497 e. The Kier molecular flexibility index (Phi) is 4.32. The van der Waals surface area contributed by atoms with E-state index >= 15 is 0 Å². The van der Waals surface area contributed by atoms with Crippen LogP contribution in [0.25, 0.3) is 0 Å². The quantitative estimate of drug-likeness (QED) is 0.893. The molecule has 1 atom stereocenters. The standard InChI is InChI=1S/C14H16BrNO4/c1-8(17)16(9-3-4-9)13(14(18)19)11-7-10(20-2)5-6-12(11)15/h5-7,9,13H,3-4H2,1-2H3,(H,18,19). The Morgan fingerprint density at radius 3 is 2.55 bits per heavy atom. The summed E-state index contributed by atoms with van der Waals surface area (Å²) in [6, 6.07) is 4.15. The molecule has 1 amide bonds. The predicted molar refractivity (Wildman–Crippen MR) is 76.6 cm³/mol. The molecular weight excluding hydrogens is 326 g/mol. The number of nitrogens with zero attached hydrogens (tertiary/aromatic N) is 1. The maximum atomic E-state index is 11.8. The summed E-state index contributed by atoms with van der Waals surface area (Å²) in [4.78, 5) is 24.9. The second kappa shape index (κ2) is 5.83. The van der Waals surface area contributed by atoms with Crippen LogP contribution in [0, 0.1) is 0 Å². The SMILES string of the molecule is COc1ccc(Br)c(C(C(=O)O)N(C(C)=O)C2CC2)c1. The van der Waals surface area contributed by atoms with Gasteiger partial charge in [-0.3, -0.25) is 4.79 Å². The second-order valence-corrected chi connectivity index (χ2v) is 5.64. The number of hydrogen-bond acceptors (Lipinski definition) is 3. The topological polar surface area (TPSA) is 66.8 Å². The van der Waals surface area contributed by atoms with E-state index in [9.17, 15) is 14.7 Å². The number of rotatable bonds is 5. The van der Waals surface area contributed by atoms with Crippen molar-refractivity contribution in [3.8, 4) is 5.75 Å². The Hall–Kier alpha value is -1.56. The van der Waals surface area contributed by atoms with E-state index in [1.165, 1.54) is 18.9 Å². The zero-order valence-electron chi connectivity index (χ0n) is 11.3.